The average Bonchev–Trinajstić information content (AvgIpc) is 2.41. The zero-order valence-corrected chi connectivity index (χ0v) is 8.86. The van der Waals surface area contributed by atoms with Crippen LogP contribution in [-0.4, -0.2) is 16.3 Å². The van der Waals surface area contributed by atoms with E-state index < -0.39 is 11.9 Å². The Kier molecular flexibility index (Phi) is 3.62. The van der Waals surface area contributed by atoms with Gasteiger partial charge >= 0.3 is 6.18 Å². The number of aromatic nitrogens is 2. The minimum absolute atomic E-state index is 0.317. The van der Waals surface area contributed by atoms with Crippen molar-refractivity contribution in [2.45, 2.75) is 26.1 Å². The molecule has 0 radical (unpaired) electrons. The Labute approximate surface area is 90.0 Å². The van der Waals surface area contributed by atoms with Gasteiger partial charge in [-0.25, -0.2) is 0 Å². The molecule has 0 saturated heterocycles. The normalized spacial score (nSPS) is 12.1. The predicted molar refractivity (Wildman–Crippen MR) is 50.6 cm³/mol. The van der Waals surface area contributed by atoms with E-state index in [0.29, 0.717) is 25.2 Å². The van der Waals surface area contributed by atoms with Crippen LogP contribution in [0, 0.1) is 6.92 Å². The number of aryl methyl sites for hydroxylation is 1. The molecule has 0 fully saturated rings. The smallest absolute Gasteiger partial charge is 0.330 e. The first-order chi connectivity index (χ1) is 6.88. The molecule has 0 aliphatic heterocycles. The van der Waals surface area contributed by atoms with Gasteiger partial charge in [-0.05, 0) is 19.9 Å². The maximum Gasteiger partial charge on any atom is 0.436 e. The SMILES string of the molecule is Cc1c(Cl)c(C(F)(F)F)nn1CCCN. The van der Waals surface area contributed by atoms with Gasteiger partial charge in [0.25, 0.3) is 0 Å². The maximum absolute atomic E-state index is 12.4. The van der Waals surface area contributed by atoms with Crippen LogP contribution in [0.4, 0.5) is 13.2 Å². The second-order valence-electron chi connectivity index (χ2n) is 3.11. The van der Waals surface area contributed by atoms with Gasteiger partial charge in [-0.2, -0.15) is 18.3 Å². The highest BCUT2D eigenvalue weighted by atomic mass is 35.5. The lowest BCUT2D eigenvalue weighted by molar-refractivity contribution is -0.141. The molecular formula is C8H11ClF3N3. The molecule has 86 valence electrons. The van der Waals surface area contributed by atoms with E-state index in [2.05, 4.69) is 5.10 Å². The summed E-state index contributed by atoms with van der Waals surface area (Å²) in [7, 11) is 0. The van der Waals surface area contributed by atoms with Crippen LogP contribution in [-0.2, 0) is 12.7 Å². The van der Waals surface area contributed by atoms with Crippen LogP contribution in [0.5, 0.6) is 0 Å². The first kappa shape index (κ1) is 12.3. The fourth-order valence-electron chi connectivity index (χ4n) is 1.16. The highest BCUT2D eigenvalue weighted by Gasteiger charge is 2.38. The molecule has 3 nitrogen and oxygen atoms in total. The van der Waals surface area contributed by atoms with Crippen molar-refractivity contribution < 1.29 is 13.2 Å². The van der Waals surface area contributed by atoms with Gasteiger partial charge in [0.1, 0.15) is 0 Å². The number of nitrogens with zero attached hydrogens (tertiary/aromatic N) is 2. The molecule has 0 unspecified atom stereocenters. The molecule has 0 bridgehead atoms. The first-order valence-corrected chi connectivity index (χ1v) is 4.76. The van der Waals surface area contributed by atoms with Crippen LogP contribution in [0.2, 0.25) is 5.02 Å². The molecule has 7 heteroatoms. The minimum atomic E-state index is -4.50. The second kappa shape index (κ2) is 4.40. The third-order valence-electron chi connectivity index (χ3n) is 1.98. The van der Waals surface area contributed by atoms with Crippen LogP contribution in [0.1, 0.15) is 17.8 Å². The van der Waals surface area contributed by atoms with Crippen LogP contribution < -0.4 is 5.73 Å². The van der Waals surface area contributed by atoms with Gasteiger partial charge in [-0.3, -0.25) is 4.68 Å². The van der Waals surface area contributed by atoms with E-state index in [1.807, 2.05) is 0 Å². The standard InChI is InChI=1S/C8H11ClF3N3/c1-5-6(9)7(8(10,11)12)14-15(5)4-2-3-13/h2-4,13H2,1H3. The van der Waals surface area contributed by atoms with Crippen molar-refractivity contribution in [1.82, 2.24) is 9.78 Å². The number of alkyl halides is 3. The summed E-state index contributed by atoms with van der Waals surface area (Å²) < 4.78 is 38.4. The Morgan fingerprint density at radius 1 is 1.47 bits per heavy atom. The number of rotatable bonds is 3. The van der Waals surface area contributed by atoms with E-state index in [4.69, 9.17) is 17.3 Å². The molecule has 15 heavy (non-hydrogen) atoms. The number of halogens is 4. The van der Waals surface area contributed by atoms with Gasteiger partial charge in [0.15, 0.2) is 5.69 Å². The van der Waals surface area contributed by atoms with Crippen molar-refractivity contribution in [2.24, 2.45) is 5.73 Å². The Morgan fingerprint density at radius 2 is 2.07 bits per heavy atom. The molecule has 0 saturated carbocycles. The Bertz CT molecular complexity index is 346. The molecule has 2 N–H and O–H groups in total. The molecular weight excluding hydrogens is 231 g/mol. The first-order valence-electron chi connectivity index (χ1n) is 4.38. The topological polar surface area (TPSA) is 43.8 Å². The molecule has 0 spiro atoms. The van der Waals surface area contributed by atoms with E-state index in [1.54, 1.807) is 0 Å². The van der Waals surface area contributed by atoms with Crippen LogP contribution in [0.15, 0.2) is 0 Å². The van der Waals surface area contributed by atoms with E-state index in [9.17, 15) is 13.2 Å². The van der Waals surface area contributed by atoms with Gasteiger partial charge < -0.3 is 5.73 Å². The molecule has 0 atom stereocenters. The molecule has 0 aliphatic rings. The molecule has 1 rings (SSSR count). The zero-order chi connectivity index (χ0) is 11.6. The summed E-state index contributed by atoms with van der Waals surface area (Å²) in [6.45, 7) is 2.25. The third-order valence-corrected chi connectivity index (χ3v) is 2.43. The zero-order valence-electron chi connectivity index (χ0n) is 8.10. The van der Waals surface area contributed by atoms with Crippen LogP contribution in [0.25, 0.3) is 0 Å². The Hall–Kier alpha value is -0.750. The van der Waals surface area contributed by atoms with E-state index >= 15 is 0 Å². The Balaban J connectivity index is 3.02. The fourth-order valence-corrected chi connectivity index (χ4v) is 1.41. The largest absolute Gasteiger partial charge is 0.436 e. The Morgan fingerprint density at radius 3 is 2.47 bits per heavy atom. The highest BCUT2D eigenvalue weighted by molar-refractivity contribution is 6.31. The van der Waals surface area contributed by atoms with E-state index in [-0.39, 0.29) is 5.02 Å². The summed E-state index contributed by atoms with van der Waals surface area (Å²) in [5.74, 6) is 0. The van der Waals surface area contributed by atoms with Gasteiger partial charge in [-0.1, -0.05) is 11.6 Å². The van der Waals surface area contributed by atoms with Gasteiger partial charge in [0.05, 0.1) is 10.7 Å². The molecule has 0 amide bonds. The quantitative estimate of drug-likeness (QED) is 0.882. The molecule has 0 aromatic carbocycles. The van der Waals surface area contributed by atoms with Crippen molar-refractivity contribution in [3.8, 4) is 0 Å². The van der Waals surface area contributed by atoms with Crippen molar-refractivity contribution in [3.05, 3.63) is 16.4 Å². The number of hydrogen-bond donors (Lipinski definition) is 1. The maximum atomic E-state index is 12.4. The lowest BCUT2D eigenvalue weighted by Crippen LogP contribution is -2.10. The number of hydrogen-bond acceptors (Lipinski definition) is 2. The predicted octanol–water partition coefficient (Wildman–Crippen LogP) is 2.21. The monoisotopic (exact) mass is 241 g/mol. The molecule has 0 aliphatic carbocycles. The highest BCUT2D eigenvalue weighted by Crippen LogP contribution is 2.35. The molecule has 1 aromatic heterocycles. The summed E-state index contributed by atoms with van der Waals surface area (Å²) in [5.41, 5.74) is 4.55. The van der Waals surface area contributed by atoms with Crippen molar-refractivity contribution in [1.29, 1.82) is 0 Å². The van der Waals surface area contributed by atoms with Crippen LogP contribution >= 0.6 is 11.6 Å². The molecule has 1 heterocycles. The average molecular weight is 242 g/mol. The lowest BCUT2D eigenvalue weighted by atomic mass is 10.3. The second-order valence-corrected chi connectivity index (χ2v) is 3.49. The van der Waals surface area contributed by atoms with Crippen LogP contribution in [0.3, 0.4) is 0 Å². The van der Waals surface area contributed by atoms with E-state index in [0.717, 1.165) is 0 Å². The number of nitrogens with two attached hydrogens (primary N) is 1. The van der Waals surface area contributed by atoms with Crippen molar-refractivity contribution >= 4 is 11.6 Å². The fraction of sp³-hybridized carbons (Fsp3) is 0.625. The van der Waals surface area contributed by atoms with Gasteiger partial charge in [0, 0.05) is 6.54 Å². The lowest BCUT2D eigenvalue weighted by Gasteiger charge is -2.02. The molecule has 1 aromatic rings. The minimum Gasteiger partial charge on any atom is -0.330 e. The van der Waals surface area contributed by atoms with Crippen molar-refractivity contribution in [3.63, 3.8) is 0 Å². The van der Waals surface area contributed by atoms with E-state index in [1.165, 1.54) is 11.6 Å². The summed E-state index contributed by atoms with van der Waals surface area (Å²) >= 11 is 5.54. The summed E-state index contributed by atoms with van der Waals surface area (Å²) in [6, 6.07) is 0. The van der Waals surface area contributed by atoms with Gasteiger partial charge in [-0.15, -0.1) is 0 Å². The summed E-state index contributed by atoms with van der Waals surface area (Å²) in [4.78, 5) is 0. The summed E-state index contributed by atoms with van der Waals surface area (Å²) in [6.07, 6.45) is -3.94. The summed E-state index contributed by atoms with van der Waals surface area (Å²) in [5, 5.41) is 3.09. The van der Waals surface area contributed by atoms with Crippen molar-refractivity contribution in [2.75, 3.05) is 6.54 Å². The third kappa shape index (κ3) is 2.63. The van der Waals surface area contributed by atoms with Gasteiger partial charge in [0.2, 0.25) is 0 Å².